The maximum Gasteiger partial charge on any atom is 0.338 e. The molecule has 31 heavy (non-hydrogen) atoms. The SMILES string of the molecule is CCCCCCCCOC(=O)C1=C(C)Nc2nnnn2[C@H]1c1cc(OC)ccc1OC. The fourth-order valence-electron chi connectivity index (χ4n) is 3.74. The lowest BCUT2D eigenvalue weighted by Crippen LogP contribution is -2.30. The zero-order valence-electron chi connectivity index (χ0n) is 18.7. The highest BCUT2D eigenvalue weighted by molar-refractivity contribution is 5.92. The van der Waals surface area contributed by atoms with Crippen LogP contribution in [0.25, 0.3) is 0 Å². The van der Waals surface area contributed by atoms with Gasteiger partial charge in [-0.05, 0) is 42.0 Å². The molecule has 1 aromatic heterocycles. The molecule has 1 aliphatic heterocycles. The van der Waals surface area contributed by atoms with E-state index in [0.29, 0.717) is 40.9 Å². The number of benzene rings is 1. The van der Waals surface area contributed by atoms with Crippen LogP contribution in [-0.4, -0.2) is 47.0 Å². The molecule has 0 radical (unpaired) electrons. The number of allylic oxidation sites excluding steroid dienone is 1. The average Bonchev–Trinajstić information content (AvgIpc) is 3.24. The standard InChI is InChI=1S/C22H31N5O4/c1-5-6-7-8-9-10-13-31-21(28)19-15(2)23-22-24-25-26-27(22)20(19)17-14-16(29-3)11-12-18(17)30-4/h11-12,14,20H,5-10,13H2,1-4H3,(H,23,24,26)/t20-/m0/s1. The second kappa shape index (κ2) is 10.8. The van der Waals surface area contributed by atoms with Gasteiger partial charge < -0.3 is 19.5 Å². The molecule has 168 valence electrons. The largest absolute Gasteiger partial charge is 0.497 e. The van der Waals surface area contributed by atoms with Crippen molar-refractivity contribution in [2.24, 2.45) is 0 Å². The van der Waals surface area contributed by atoms with E-state index in [9.17, 15) is 4.79 Å². The number of carbonyl (C=O) groups excluding carboxylic acids is 1. The van der Waals surface area contributed by atoms with Gasteiger partial charge in [0.1, 0.15) is 17.5 Å². The molecular weight excluding hydrogens is 398 g/mol. The predicted molar refractivity (Wildman–Crippen MR) is 116 cm³/mol. The minimum atomic E-state index is -0.603. The van der Waals surface area contributed by atoms with Crippen LogP contribution in [0, 0.1) is 0 Å². The Morgan fingerprint density at radius 1 is 1.13 bits per heavy atom. The van der Waals surface area contributed by atoms with Crippen molar-refractivity contribution in [3.05, 3.63) is 35.0 Å². The van der Waals surface area contributed by atoms with Crippen LogP contribution in [0.5, 0.6) is 11.5 Å². The minimum absolute atomic E-state index is 0.381. The molecule has 0 saturated heterocycles. The van der Waals surface area contributed by atoms with Gasteiger partial charge in [0.05, 0.1) is 26.4 Å². The van der Waals surface area contributed by atoms with Gasteiger partial charge in [-0.2, -0.15) is 4.68 Å². The first-order valence-corrected chi connectivity index (χ1v) is 10.7. The van der Waals surface area contributed by atoms with Crippen LogP contribution in [0.4, 0.5) is 5.95 Å². The number of rotatable bonds is 11. The summed E-state index contributed by atoms with van der Waals surface area (Å²) < 4.78 is 18.2. The number of nitrogens with one attached hydrogen (secondary N) is 1. The van der Waals surface area contributed by atoms with Crippen molar-refractivity contribution >= 4 is 11.9 Å². The maximum absolute atomic E-state index is 13.1. The third-order valence-corrected chi connectivity index (χ3v) is 5.40. The normalized spacial score (nSPS) is 15.3. The summed E-state index contributed by atoms with van der Waals surface area (Å²) >= 11 is 0. The fourth-order valence-corrected chi connectivity index (χ4v) is 3.74. The number of hydrogen-bond donors (Lipinski definition) is 1. The molecule has 0 fully saturated rings. The van der Waals surface area contributed by atoms with E-state index in [1.54, 1.807) is 31.0 Å². The molecule has 3 rings (SSSR count). The lowest BCUT2D eigenvalue weighted by atomic mass is 9.94. The Hall–Kier alpha value is -3.10. The number of nitrogens with zero attached hydrogens (tertiary/aromatic N) is 4. The number of methoxy groups -OCH3 is 2. The van der Waals surface area contributed by atoms with E-state index in [0.717, 1.165) is 19.3 Å². The summed E-state index contributed by atoms with van der Waals surface area (Å²) in [6, 6.07) is 4.83. The summed E-state index contributed by atoms with van der Waals surface area (Å²) in [7, 11) is 3.17. The van der Waals surface area contributed by atoms with Gasteiger partial charge in [-0.15, -0.1) is 0 Å². The van der Waals surface area contributed by atoms with Gasteiger partial charge in [0.25, 0.3) is 0 Å². The molecule has 9 nitrogen and oxygen atoms in total. The molecule has 1 N–H and O–H groups in total. The molecule has 1 aromatic carbocycles. The Labute approximate surface area is 182 Å². The minimum Gasteiger partial charge on any atom is -0.497 e. The van der Waals surface area contributed by atoms with Crippen LogP contribution in [-0.2, 0) is 9.53 Å². The fraction of sp³-hybridized carbons (Fsp3) is 0.545. The first-order valence-electron chi connectivity index (χ1n) is 10.7. The summed E-state index contributed by atoms with van der Waals surface area (Å²) in [5.74, 6) is 1.29. The lowest BCUT2D eigenvalue weighted by Gasteiger charge is -2.28. The topological polar surface area (TPSA) is 100 Å². The summed E-state index contributed by atoms with van der Waals surface area (Å²) in [5.41, 5.74) is 1.80. The van der Waals surface area contributed by atoms with E-state index in [1.807, 2.05) is 13.0 Å². The Balaban J connectivity index is 1.84. The van der Waals surface area contributed by atoms with Crippen LogP contribution >= 0.6 is 0 Å². The highest BCUT2D eigenvalue weighted by Gasteiger charge is 2.36. The molecular formula is C22H31N5O4. The predicted octanol–water partition coefficient (Wildman–Crippen LogP) is 3.88. The van der Waals surface area contributed by atoms with Crippen molar-refractivity contribution < 1.29 is 19.0 Å². The van der Waals surface area contributed by atoms with Gasteiger partial charge >= 0.3 is 5.97 Å². The lowest BCUT2D eigenvalue weighted by molar-refractivity contribution is -0.139. The molecule has 0 aliphatic carbocycles. The van der Waals surface area contributed by atoms with Crippen LogP contribution in [0.3, 0.4) is 0 Å². The van der Waals surface area contributed by atoms with Crippen LogP contribution in [0.15, 0.2) is 29.5 Å². The Bertz CT molecular complexity index is 924. The average molecular weight is 430 g/mol. The van der Waals surface area contributed by atoms with Crippen LogP contribution < -0.4 is 14.8 Å². The highest BCUT2D eigenvalue weighted by atomic mass is 16.5. The van der Waals surface area contributed by atoms with E-state index >= 15 is 0 Å². The van der Waals surface area contributed by atoms with E-state index in [1.165, 1.54) is 19.3 Å². The summed E-state index contributed by atoms with van der Waals surface area (Å²) in [4.78, 5) is 13.1. The van der Waals surface area contributed by atoms with Crippen LogP contribution in [0.1, 0.15) is 64.0 Å². The molecule has 0 saturated carbocycles. The Morgan fingerprint density at radius 2 is 1.90 bits per heavy atom. The van der Waals surface area contributed by atoms with Crippen molar-refractivity contribution in [1.82, 2.24) is 20.2 Å². The van der Waals surface area contributed by atoms with E-state index in [-0.39, 0.29) is 0 Å². The maximum atomic E-state index is 13.1. The molecule has 0 spiro atoms. The van der Waals surface area contributed by atoms with E-state index in [4.69, 9.17) is 14.2 Å². The summed E-state index contributed by atoms with van der Waals surface area (Å²) in [5, 5.41) is 15.0. The third kappa shape index (κ3) is 5.15. The zero-order valence-corrected chi connectivity index (χ0v) is 18.7. The van der Waals surface area contributed by atoms with Crippen LogP contribution in [0.2, 0.25) is 0 Å². The molecule has 0 bridgehead atoms. The molecule has 0 unspecified atom stereocenters. The van der Waals surface area contributed by atoms with Gasteiger partial charge in [-0.25, -0.2) is 4.79 Å². The summed E-state index contributed by atoms with van der Waals surface area (Å²) in [6.07, 6.45) is 6.73. The number of hydrogen-bond acceptors (Lipinski definition) is 8. The second-order valence-electron chi connectivity index (χ2n) is 7.52. The third-order valence-electron chi connectivity index (χ3n) is 5.40. The Kier molecular flexibility index (Phi) is 7.86. The molecule has 1 aliphatic rings. The van der Waals surface area contributed by atoms with Gasteiger partial charge in [0.15, 0.2) is 0 Å². The number of ether oxygens (including phenoxy) is 3. The van der Waals surface area contributed by atoms with E-state index < -0.39 is 12.0 Å². The monoisotopic (exact) mass is 429 g/mol. The van der Waals surface area contributed by atoms with Crippen molar-refractivity contribution in [3.8, 4) is 11.5 Å². The first-order chi connectivity index (χ1) is 15.1. The van der Waals surface area contributed by atoms with Crippen molar-refractivity contribution in [2.75, 3.05) is 26.1 Å². The summed E-state index contributed by atoms with van der Waals surface area (Å²) in [6.45, 7) is 4.39. The van der Waals surface area contributed by atoms with Gasteiger partial charge in [0.2, 0.25) is 5.95 Å². The molecule has 2 aromatic rings. The number of aromatic nitrogens is 4. The van der Waals surface area contributed by atoms with Gasteiger partial charge in [0, 0.05) is 11.3 Å². The first kappa shape index (κ1) is 22.6. The number of fused-ring (bicyclic) bond motifs is 1. The number of tetrazole rings is 1. The smallest absolute Gasteiger partial charge is 0.338 e. The van der Waals surface area contributed by atoms with Crippen molar-refractivity contribution in [3.63, 3.8) is 0 Å². The molecule has 1 atom stereocenters. The number of anilines is 1. The van der Waals surface area contributed by atoms with Gasteiger partial charge in [-0.3, -0.25) is 0 Å². The quantitative estimate of drug-likeness (QED) is 0.424. The second-order valence-corrected chi connectivity index (χ2v) is 7.52. The molecule has 9 heteroatoms. The zero-order chi connectivity index (χ0) is 22.2. The Morgan fingerprint density at radius 3 is 2.65 bits per heavy atom. The molecule has 0 amide bonds. The van der Waals surface area contributed by atoms with Gasteiger partial charge in [-0.1, -0.05) is 44.1 Å². The van der Waals surface area contributed by atoms with E-state index in [2.05, 4.69) is 27.8 Å². The number of carbonyl (C=O) groups is 1. The van der Waals surface area contributed by atoms with Crippen molar-refractivity contribution in [1.29, 1.82) is 0 Å². The number of unbranched alkanes of at least 4 members (excludes halogenated alkanes) is 5. The highest BCUT2D eigenvalue weighted by Crippen LogP contribution is 2.40. The molecule has 2 heterocycles. The van der Waals surface area contributed by atoms with Crippen molar-refractivity contribution in [2.45, 2.75) is 58.4 Å². The number of esters is 1.